The molecule has 0 saturated carbocycles. The van der Waals surface area contributed by atoms with E-state index in [1.54, 1.807) is 0 Å². The molecule has 2 unspecified atom stereocenters. The lowest BCUT2D eigenvalue weighted by Crippen LogP contribution is -2.47. The summed E-state index contributed by atoms with van der Waals surface area (Å²) in [5.74, 6) is 0. The van der Waals surface area contributed by atoms with Crippen LogP contribution in [-0.2, 0) is 0 Å². The highest BCUT2D eigenvalue weighted by Gasteiger charge is 2.24. The summed E-state index contributed by atoms with van der Waals surface area (Å²) in [6.45, 7) is 12.5. The fraction of sp³-hybridized carbons (Fsp3) is 0.933. The van der Waals surface area contributed by atoms with Gasteiger partial charge in [-0.05, 0) is 53.9 Å². The molecule has 0 aliphatic rings. The molecular weight excluding hydrogens is 236 g/mol. The third-order valence-electron chi connectivity index (χ3n) is 3.57. The minimum Gasteiger partial charge on any atom is -0.308 e. The Balaban J connectivity index is 4.35. The van der Waals surface area contributed by atoms with Gasteiger partial charge in [0.2, 0.25) is 0 Å². The van der Waals surface area contributed by atoms with E-state index < -0.39 is 5.54 Å². The first-order valence-electron chi connectivity index (χ1n) is 7.43. The van der Waals surface area contributed by atoms with Crippen LogP contribution in [0, 0.1) is 11.3 Å². The van der Waals surface area contributed by atoms with Crippen molar-refractivity contribution in [2.45, 2.75) is 52.1 Å². The van der Waals surface area contributed by atoms with Crippen molar-refractivity contribution in [3.8, 4) is 6.07 Å². The van der Waals surface area contributed by atoms with Crippen LogP contribution in [0.25, 0.3) is 0 Å². The van der Waals surface area contributed by atoms with Crippen LogP contribution >= 0.6 is 0 Å². The number of nitrogens with one attached hydrogen (secondary N) is 1. The van der Waals surface area contributed by atoms with Gasteiger partial charge in [-0.25, -0.2) is 0 Å². The number of likely N-dealkylation sites (N-methyl/N-ethyl adjacent to an activating group) is 2. The molecule has 1 N–H and O–H groups in total. The van der Waals surface area contributed by atoms with E-state index in [9.17, 15) is 5.26 Å². The molecule has 4 heteroatoms. The lowest BCUT2D eigenvalue weighted by Gasteiger charge is -2.32. The van der Waals surface area contributed by atoms with Crippen molar-refractivity contribution >= 4 is 0 Å². The Morgan fingerprint density at radius 1 is 1.32 bits per heavy atom. The third-order valence-corrected chi connectivity index (χ3v) is 3.57. The number of hydrogen-bond donors (Lipinski definition) is 1. The monoisotopic (exact) mass is 268 g/mol. The van der Waals surface area contributed by atoms with Crippen LogP contribution in [0.4, 0.5) is 0 Å². The first-order chi connectivity index (χ1) is 8.88. The fourth-order valence-electron chi connectivity index (χ4n) is 2.29. The van der Waals surface area contributed by atoms with Gasteiger partial charge in [-0.3, -0.25) is 10.2 Å². The van der Waals surface area contributed by atoms with Crippen LogP contribution in [0.3, 0.4) is 0 Å². The minimum atomic E-state index is -0.402. The van der Waals surface area contributed by atoms with E-state index in [0.29, 0.717) is 6.04 Å². The Morgan fingerprint density at radius 2 is 1.95 bits per heavy atom. The maximum atomic E-state index is 9.34. The largest absolute Gasteiger partial charge is 0.308 e. The van der Waals surface area contributed by atoms with Gasteiger partial charge < -0.3 is 4.90 Å². The fourth-order valence-corrected chi connectivity index (χ4v) is 2.29. The SMILES string of the molecule is CCCNC(C)(C#N)CCN(CC)C(C)CN(C)C. The second kappa shape index (κ2) is 9.30. The zero-order chi connectivity index (χ0) is 14.9. The average molecular weight is 268 g/mol. The van der Waals surface area contributed by atoms with Crippen molar-refractivity contribution in [1.82, 2.24) is 15.1 Å². The summed E-state index contributed by atoms with van der Waals surface area (Å²) in [5, 5.41) is 12.7. The van der Waals surface area contributed by atoms with Gasteiger partial charge in [0.25, 0.3) is 0 Å². The molecule has 0 spiro atoms. The van der Waals surface area contributed by atoms with Crippen LogP contribution < -0.4 is 5.32 Å². The molecule has 0 radical (unpaired) electrons. The van der Waals surface area contributed by atoms with Crippen molar-refractivity contribution in [2.24, 2.45) is 0 Å². The van der Waals surface area contributed by atoms with Gasteiger partial charge in [0.05, 0.1) is 6.07 Å². The predicted octanol–water partition coefficient (Wildman–Crippen LogP) is 1.93. The molecule has 0 bridgehead atoms. The van der Waals surface area contributed by atoms with Crippen LogP contribution in [0.5, 0.6) is 0 Å². The van der Waals surface area contributed by atoms with Gasteiger partial charge in [0.1, 0.15) is 5.54 Å². The first-order valence-corrected chi connectivity index (χ1v) is 7.43. The van der Waals surface area contributed by atoms with Crippen molar-refractivity contribution in [1.29, 1.82) is 5.26 Å². The molecule has 0 fully saturated rings. The third kappa shape index (κ3) is 7.51. The summed E-state index contributed by atoms with van der Waals surface area (Å²) in [7, 11) is 4.21. The summed E-state index contributed by atoms with van der Waals surface area (Å²) in [6.07, 6.45) is 1.93. The Hall–Kier alpha value is -0.630. The van der Waals surface area contributed by atoms with Gasteiger partial charge in [-0.15, -0.1) is 0 Å². The normalized spacial score (nSPS) is 16.4. The lowest BCUT2D eigenvalue weighted by atomic mass is 9.99. The summed E-state index contributed by atoms with van der Waals surface area (Å²) >= 11 is 0. The molecule has 0 heterocycles. The van der Waals surface area contributed by atoms with Crippen LogP contribution in [0.15, 0.2) is 0 Å². The molecule has 0 aliphatic carbocycles. The van der Waals surface area contributed by atoms with Gasteiger partial charge in [-0.1, -0.05) is 13.8 Å². The molecule has 112 valence electrons. The summed E-state index contributed by atoms with van der Waals surface area (Å²) in [5.41, 5.74) is -0.402. The average Bonchev–Trinajstić information content (AvgIpc) is 2.36. The smallest absolute Gasteiger partial charge is 0.105 e. The zero-order valence-electron chi connectivity index (χ0n) is 13.7. The van der Waals surface area contributed by atoms with E-state index in [1.807, 2.05) is 6.92 Å². The van der Waals surface area contributed by atoms with Gasteiger partial charge in [-0.2, -0.15) is 5.26 Å². The first kappa shape index (κ1) is 18.4. The van der Waals surface area contributed by atoms with E-state index >= 15 is 0 Å². The molecule has 0 aromatic carbocycles. The molecule has 0 saturated heterocycles. The topological polar surface area (TPSA) is 42.3 Å². The van der Waals surface area contributed by atoms with Crippen molar-refractivity contribution in [3.63, 3.8) is 0 Å². The van der Waals surface area contributed by atoms with E-state index in [2.05, 4.69) is 56.1 Å². The minimum absolute atomic E-state index is 0.402. The van der Waals surface area contributed by atoms with Crippen molar-refractivity contribution in [2.75, 3.05) is 40.3 Å². The molecular formula is C15H32N4. The second-order valence-corrected chi connectivity index (χ2v) is 5.86. The Labute approximate surface area is 119 Å². The summed E-state index contributed by atoms with van der Waals surface area (Å²) in [4.78, 5) is 4.66. The van der Waals surface area contributed by atoms with E-state index in [-0.39, 0.29) is 0 Å². The molecule has 0 aromatic heterocycles. The number of nitrogens with zero attached hydrogens (tertiary/aromatic N) is 3. The predicted molar refractivity (Wildman–Crippen MR) is 82.2 cm³/mol. The zero-order valence-corrected chi connectivity index (χ0v) is 13.7. The Morgan fingerprint density at radius 3 is 2.37 bits per heavy atom. The maximum Gasteiger partial charge on any atom is 0.105 e. The highest BCUT2D eigenvalue weighted by Crippen LogP contribution is 2.11. The van der Waals surface area contributed by atoms with Crippen molar-refractivity contribution < 1.29 is 0 Å². The molecule has 19 heavy (non-hydrogen) atoms. The second-order valence-electron chi connectivity index (χ2n) is 5.86. The van der Waals surface area contributed by atoms with Crippen LogP contribution in [-0.4, -0.2) is 61.7 Å². The molecule has 0 rings (SSSR count). The molecule has 0 aromatic rings. The molecule has 4 nitrogen and oxygen atoms in total. The Bertz CT molecular complexity index is 272. The van der Waals surface area contributed by atoms with Gasteiger partial charge >= 0.3 is 0 Å². The summed E-state index contributed by atoms with van der Waals surface area (Å²) < 4.78 is 0. The molecule has 2 atom stereocenters. The number of hydrogen-bond acceptors (Lipinski definition) is 4. The van der Waals surface area contributed by atoms with Crippen molar-refractivity contribution in [3.05, 3.63) is 0 Å². The summed E-state index contributed by atoms with van der Waals surface area (Å²) in [6, 6.07) is 2.95. The number of nitriles is 1. The maximum absolute atomic E-state index is 9.34. The standard InChI is InChI=1S/C15H32N4/c1-7-10-17-15(4,13-16)9-11-19(8-2)14(3)12-18(5)6/h14,17H,7-12H2,1-6H3. The van der Waals surface area contributed by atoms with E-state index in [1.165, 1.54) is 0 Å². The molecule has 0 aliphatic heterocycles. The quantitative estimate of drug-likeness (QED) is 0.657. The van der Waals surface area contributed by atoms with Gasteiger partial charge in [0, 0.05) is 19.1 Å². The highest BCUT2D eigenvalue weighted by atomic mass is 15.2. The van der Waals surface area contributed by atoms with E-state index in [4.69, 9.17) is 0 Å². The van der Waals surface area contributed by atoms with E-state index in [0.717, 1.165) is 39.0 Å². The highest BCUT2D eigenvalue weighted by molar-refractivity contribution is 5.04. The lowest BCUT2D eigenvalue weighted by molar-refractivity contribution is 0.169. The Kier molecular flexibility index (Phi) is 8.99. The van der Waals surface area contributed by atoms with Crippen LogP contribution in [0.1, 0.15) is 40.5 Å². The molecule has 0 amide bonds. The van der Waals surface area contributed by atoms with Gasteiger partial charge in [0.15, 0.2) is 0 Å². The number of rotatable bonds is 10. The van der Waals surface area contributed by atoms with Crippen LogP contribution in [0.2, 0.25) is 0 Å².